The van der Waals surface area contributed by atoms with Crippen molar-refractivity contribution in [3.05, 3.63) is 60.2 Å². The minimum Gasteiger partial charge on any atom is -0.452 e. The number of hydrogen-bond donors (Lipinski definition) is 0. The highest BCUT2D eigenvalue weighted by atomic mass is 16.5. The summed E-state index contributed by atoms with van der Waals surface area (Å²) in [5.74, 6) is -0.780. The SMILES string of the molecule is CN(C(=O)COC(=O)c1ccc(N2CCCCC2=O)cc1)c1ccccc1. The molecule has 0 atom stereocenters. The summed E-state index contributed by atoms with van der Waals surface area (Å²) < 4.78 is 5.13. The molecule has 6 nitrogen and oxygen atoms in total. The molecular formula is C21H22N2O4. The van der Waals surface area contributed by atoms with Gasteiger partial charge in [0.15, 0.2) is 6.61 Å². The van der Waals surface area contributed by atoms with Gasteiger partial charge in [0.2, 0.25) is 5.91 Å². The quantitative estimate of drug-likeness (QED) is 0.763. The molecule has 0 unspecified atom stereocenters. The van der Waals surface area contributed by atoms with Crippen molar-refractivity contribution in [2.75, 3.05) is 30.0 Å². The molecule has 27 heavy (non-hydrogen) atoms. The molecule has 1 aliphatic rings. The summed E-state index contributed by atoms with van der Waals surface area (Å²) in [7, 11) is 1.63. The van der Waals surface area contributed by atoms with Gasteiger partial charge < -0.3 is 14.5 Å². The zero-order valence-electron chi connectivity index (χ0n) is 15.3. The van der Waals surface area contributed by atoms with E-state index in [0.717, 1.165) is 24.2 Å². The molecular weight excluding hydrogens is 344 g/mol. The van der Waals surface area contributed by atoms with Gasteiger partial charge in [-0.1, -0.05) is 18.2 Å². The van der Waals surface area contributed by atoms with Crippen molar-refractivity contribution in [2.45, 2.75) is 19.3 Å². The number of amides is 2. The second-order valence-corrected chi connectivity index (χ2v) is 6.41. The molecule has 140 valence electrons. The van der Waals surface area contributed by atoms with Crippen LogP contribution in [0.2, 0.25) is 0 Å². The van der Waals surface area contributed by atoms with E-state index in [0.29, 0.717) is 18.5 Å². The normalized spacial score (nSPS) is 14.0. The summed E-state index contributed by atoms with van der Waals surface area (Å²) in [5, 5.41) is 0. The number of rotatable bonds is 5. The van der Waals surface area contributed by atoms with Crippen molar-refractivity contribution in [2.24, 2.45) is 0 Å². The summed E-state index contributed by atoms with van der Waals surface area (Å²) in [6.45, 7) is 0.361. The minimum atomic E-state index is -0.568. The Morgan fingerprint density at radius 3 is 2.41 bits per heavy atom. The van der Waals surface area contributed by atoms with Gasteiger partial charge in [-0.25, -0.2) is 4.79 Å². The monoisotopic (exact) mass is 366 g/mol. The van der Waals surface area contributed by atoms with Crippen molar-refractivity contribution in [1.82, 2.24) is 0 Å². The highest BCUT2D eigenvalue weighted by molar-refractivity contribution is 5.97. The van der Waals surface area contributed by atoms with Gasteiger partial charge in [0.05, 0.1) is 5.56 Å². The average Bonchev–Trinajstić information content (AvgIpc) is 2.72. The van der Waals surface area contributed by atoms with Gasteiger partial charge >= 0.3 is 5.97 Å². The average molecular weight is 366 g/mol. The third kappa shape index (κ3) is 4.53. The zero-order valence-corrected chi connectivity index (χ0v) is 15.3. The number of likely N-dealkylation sites (N-methyl/N-ethyl adjacent to an activating group) is 1. The molecule has 0 saturated carbocycles. The van der Waals surface area contributed by atoms with Gasteiger partial charge in [0.25, 0.3) is 5.91 Å². The van der Waals surface area contributed by atoms with E-state index in [-0.39, 0.29) is 18.4 Å². The van der Waals surface area contributed by atoms with Crippen LogP contribution in [0.25, 0.3) is 0 Å². The number of benzene rings is 2. The van der Waals surface area contributed by atoms with E-state index in [9.17, 15) is 14.4 Å². The van der Waals surface area contributed by atoms with E-state index in [4.69, 9.17) is 4.74 Å². The molecule has 0 bridgehead atoms. The number of ether oxygens (including phenoxy) is 1. The van der Waals surface area contributed by atoms with Crippen molar-refractivity contribution in [1.29, 1.82) is 0 Å². The van der Waals surface area contributed by atoms with Crippen LogP contribution in [0.5, 0.6) is 0 Å². The summed E-state index contributed by atoms with van der Waals surface area (Å²) in [6, 6.07) is 15.8. The van der Waals surface area contributed by atoms with Crippen LogP contribution < -0.4 is 9.80 Å². The summed E-state index contributed by atoms with van der Waals surface area (Å²) in [4.78, 5) is 39.5. The highest BCUT2D eigenvalue weighted by Crippen LogP contribution is 2.21. The van der Waals surface area contributed by atoms with E-state index in [1.165, 1.54) is 4.90 Å². The summed E-state index contributed by atoms with van der Waals surface area (Å²) >= 11 is 0. The van der Waals surface area contributed by atoms with Crippen molar-refractivity contribution < 1.29 is 19.1 Å². The number of para-hydroxylation sites is 1. The lowest BCUT2D eigenvalue weighted by Crippen LogP contribution is -2.35. The van der Waals surface area contributed by atoms with Crippen LogP contribution in [-0.4, -0.2) is 38.0 Å². The molecule has 3 rings (SSSR count). The molecule has 0 N–H and O–H groups in total. The number of hydrogen-bond acceptors (Lipinski definition) is 4. The van der Waals surface area contributed by atoms with Gasteiger partial charge in [-0.3, -0.25) is 9.59 Å². The second-order valence-electron chi connectivity index (χ2n) is 6.41. The largest absolute Gasteiger partial charge is 0.452 e. The number of carbonyl (C=O) groups is 3. The Kier molecular flexibility index (Phi) is 5.86. The number of nitrogens with zero attached hydrogens (tertiary/aromatic N) is 2. The Morgan fingerprint density at radius 1 is 1.04 bits per heavy atom. The predicted octanol–water partition coefficient (Wildman–Crippen LogP) is 3.02. The maximum absolute atomic E-state index is 12.2. The van der Waals surface area contributed by atoms with E-state index in [1.807, 2.05) is 18.2 Å². The fraction of sp³-hybridized carbons (Fsp3) is 0.286. The van der Waals surface area contributed by atoms with Gasteiger partial charge in [-0.2, -0.15) is 0 Å². The zero-order chi connectivity index (χ0) is 19.2. The predicted molar refractivity (Wildman–Crippen MR) is 103 cm³/mol. The molecule has 0 aromatic heterocycles. The van der Waals surface area contributed by atoms with E-state index < -0.39 is 5.97 Å². The molecule has 1 saturated heterocycles. The molecule has 2 aromatic carbocycles. The first-order valence-corrected chi connectivity index (χ1v) is 8.95. The maximum Gasteiger partial charge on any atom is 0.338 e. The smallest absolute Gasteiger partial charge is 0.338 e. The van der Waals surface area contributed by atoms with Gasteiger partial charge in [-0.15, -0.1) is 0 Å². The maximum atomic E-state index is 12.2. The molecule has 1 aliphatic heterocycles. The molecule has 0 radical (unpaired) electrons. The topological polar surface area (TPSA) is 66.9 Å². The van der Waals surface area contributed by atoms with Crippen LogP contribution in [0.4, 0.5) is 11.4 Å². The lowest BCUT2D eigenvalue weighted by molar-refractivity contribution is -0.121. The lowest BCUT2D eigenvalue weighted by atomic mass is 10.1. The standard InChI is InChI=1S/C21H22N2O4/c1-22(17-7-3-2-4-8-17)20(25)15-27-21(26)16-10-12-18(13-11-16)23-14-6-5-9-19(23)24/h2-4,7-8,10-13H,5-6,9,14-15H2,1H3. The molecule has 0 spiro atoms. The Morgan fingerprint density at radius 2 is 1.74 bits per heavy atom. The summed E-state index contributed by atoms with van der Waals surface area (Å²) in [6.07, 6.45) is 2.46. The van der Waals surface area contributed by atoms with Crippen molar-refractivity contribution >= 4 is 29.2 Å². The molecule has 2 aromatic rings. The van der Waals surface area contributed by atoms with Crippen LogP contribution in [0.1, 0.15) is 29.6 Å². The van der Waals surface area contributed by atoms with E-state index >= 15 is 0 Å². The highest BCUT2D eigenvalue weighted by Gasteiger charge is 2.20. The van der Waals surface area contributed by atoms with Crippen LogP contribution >= 0.6 is 0 Å². The van der Waals surface area contributed by atoms with Crippen LogP contribution in [0.15, 0.2) is 54.6 Å². The first kappa shape index (κ1) is 18.6. The first-order chi connectivity index (χ1) is 13.1. The van der Waals surface area contributed by atoms with E-state index in [1.54, 1.807) is 48.3 Å². The second kappa shape index (κ2) is 8.49. The Bertz CT molecular complexity index is 818. The first-order valence-electron chi connectivity index (χ1n) is 8.95. The molecule has 1 fully saturated rings. The Balaban J connectivity index is 1.56. The Labute approximate surface area is 158 Å². The third-order valence-electron chi connectivity index (χ3n) is 4.58. The molecule has 2 amide bonds. The molecule has 0 aliphatic carbocycles. The van der Waals surface area contributed by atoms with Gasteiger partial charge in [0.1, 0.15) is 0 Å². The molecule has 6 heteroatoms. The number of carbonyl (C=O) groups excluding carboxylic acids is 3. The number of esters is 1. The number of anilines is 2. The van der Waals surface area contributed by atoms with Crippen LogP contribution in [-0.2, 0) is 14.3 Å². The molecule has 1 heterocycles. The van der Waals surface area contributed by atoms with Gasteiger partial charge in [0, 0.05) is 31.4 Å². The van der Waals surface area contributed by atoms with E-state index in [2.05, 4.69) is 0 Å². The lowest BCUT2D eigenvalue weighted by Gasteiger charge is -2.26. The summed E-state index contributed by atoms with van der Waals surface area (Å²) in [5.41, 5.74) is 1.85. The van der Waals surface area contributed by atoms with Crippen LogP contribution in [0, 0.1) is 0 Å². The van der Waals surface area contributed by atoms with Gasteiger partial charge in [-0.05, 0) is 49.2 Å². The third-order valence-corrected chi connectivity index (χ3v) is 4.58. The number of piperidine rings is 1. The fourth-order valence-corrected chi connectivity index (χ4v) is 2.96. The fourth-order valence-electron chi connectivity index (χ4n) is 2.96. The van der Waals surface area contributed by atoms with Crippen molar-refractivity contribution in [3.8, 4) is 0 Å². The van der Waals surface area contributed by atoms with Crippen molar-refractivity contribution in [3.63, 3.8) is 0 Å². The van der Waals surface area contributed by atoms with Crippen LogP contribution in [0.3, 0.4) is 0 Å². The Hall–Kier alpha value is -3.15. The minimum absolute atomic E-state index is 0.103.